The second kappa shape index (κ2) is 17.8. The van der Waals surface area contributed by atoms with Gasteiger partial charge in [-0.05, 0) is 80.1 Å². The number of likely N-dealkylation sites (tertiary alicyclic amines) is 2. The first-order valence-corrected chi connectivity index (χ1v) is 19.4. The van der Waals surface area contributed by atoms with E-state index >= 15 is 0 Å². The third-order valence-electron chi connectivity index (χ3n) is 10.8. The van der Waals surface area contributed by atoms with Gasteiger partial charge in [-0.15, -0.1) is 0 Å². The summed E-state index contributed by atoms with van der Waals surface area (Å²) in [4.78, 5) is 80.5. The van der Waals surface area contributed by atoms with Gasteiger partial charge in [0.15, 0.2) is 0 Å². The number of imide groups is 1. The Hall–Kier alpha value is -6.02. The van der Waals surface area contributed by atoms with Crippen molar-refractivity contribution in [2.45, 2.75) is 63.7 Å². The first-order chi connectivity index (χ1) is 27.4. The van der Waals surface area contributed by atoms with E-state index in [4.69, 9.17) is 4.74 Å². The Morgan fingerprint density at radius 2 is 1.42 bits per heavy atom. The molecule has 2 saturated heterocycles. The van der Waals surface area contributed by atoms with Crippen molar-refractivity contribution in [1.82, 2.24) is 34.9 Å². The Morgan fingerprint density at radius 3 is 2.05 bits per heavy atom. The van der Waals surface area contributed by atoms with Gasteiger partial charge in [0.1, 0.15) is 23.9 Å². The minimum absolute atomic E-state index is 0.105. The normalized spacial score (nSPS) is 17.7. The van der Waals surface area contributed by atoms with Gasteiger partial charge in [0.25, 0.3) is 5.91 Å². The molecule has 4 aromatic rings. The van der Waals surface area contributed by atoms with E-state index in [1.165, 1.54) is 12.0 Å². The van der Waals surface area contributed by atoms with Gasteiger partial charge >= 0.3 is 12.1 Å². The molecule has 14 nitrogen and oxygen atoms in total. The molecule has 2 aliphatic heterocycles. The molecule has 14 heteroatoms. The number of benzene rings is 3. The summed E-state index contributed by atoms with van der Waals surface area (Å²) in [5.41, 5.74) is 5.00. The SMILES string of the molecule is COC(=O)N(C)C(C(=O)N1CCCC1c1ncc(-c2ccc(-c3ccc(NC(=O)NC(=O)C4CCCN4C(=O)C(c4ccccc4)N(C)C)cc3)cc2)[nH]1)C(C)C. The zero-order valence-corrected chi connectivity index (χ0v) is 33.4. The Labute approximate surface area is 333 Å². The van der Waals surface area contributed by atoms with E-state index in [2.05, 4.69) is 20.6 Å². The molecule has 57 heavy (non-hydrogen) atoms. The van der Waals surface area contributed by atoms with Gasteiger partial charge < -0.3 is 24.8 Å². The van der Waals surface area contributed by atoms with Crippen LogP contribution in [0.2, 0.25) is 0 Å². The largest absolute Gasteiger partial charge is 0.453 e. The number of carbonyl (C=O) groups is 5. The number of hydrogen-bond donors (Lipinski definition) is 3. The highest BCUT2D eigenvalue weighted by molar-refractivity contribution is 6.04. The minimum Gasteiger partial charge on any atom is -0.453 e. The van der Waals surface area contributed by atoms with Crippen LogP contribution in [0.4, 0.5) is 15.3 Å². The molecular weight excluding hydrogens is 725 g/mol. The van der Waals surface area contributed by atoms with Crippen LogP contribution < -0.4 is 10.6 Å². The molecule has 3 N–H and O–H groups in total. The summed E-state index contributed by atoms with van der Waals surface area (Å²) in [6.07, 6.45) is 3.97. The number of aromatic amines is 1. The molecule has 3 aromatic carbocycles. The van der Waals surface area contributed by atoms with E-state index in [-0.39, 0.29) is 23.8 Å². The maximum atomic E-state index is 13.7. The molecule has 0 aliphatic carbocycles. The number of ether oxygens (including phenoxy) is 1. The number of aromatic nitrogens is 2. The van der Waals surface area contributed by atoms with Crippen LogP contribution in [0, 0.1) is 5.92 Å². The fourth-order valence-electron chi connectivity index (χ4n) is 8.00. The van der Waals surface area contributed by atoms with Crippen molar-refractivity contribution in [1.29, 1.82) is 0 Å². The van der Waals surface area contributed by atoms with Gasteiger partial charge in [0.2, 0.25) is 11.8 Å². The van der Waals surface area contributed by atoms with Crippen LogP contribution in [0.3, 0.4) is 0 Å². The Balaban J connectivity index is 1.05. The zero-order chi connectivity index (χ0) is 40.8. The second-order valence-electron chi connectivity index (χ2n) is 15.2. The van der Waals surface area contributed by atoms with Crippen molar-refractivity contribution in [3.8, 4) is 22.4 Å². The lowest BCUT2D eigenvalue weighted by molar-refractivity contribution is -0.142. The molecule has 2 fully saturated rings. The monoisotopic (exact) mass is 776 g/mol. The number of imidazole rings is 1. The van der Waals surface area contributed by atoms with Crippen molar-refractivity contribution in [3.63, 3.8) is 0 Å². The van der Waals surface area contributed by atoms with Gasteiger partial charge in [0, 0.05) is 25.8 Å². The molecule has 4 atom stereocenters. The third kappa shape index (κ3) is 9.01. The number of urea groups is 1. The summed E-state index contributed by atoms with van der Waals surface area (Å²) in [6, 6.07) is 21.9. The molecule has 0 bridgehead atoms. The molecule has 0 saturated carbocycles. The summed E-state index contributed by atoms with van der Waals surface area (Å²) >= 11 is 0. The Morgan fingerprint density at radius 1 is 0.807 bits per heavy atom. The number of nitrogens with one attached hydrogen (secondary N) is 3. The molecule has 6 amide bonds. The van der Waals surface area contributed by atoms with Crippen LogP contribution in [0.5, 0.6) is 0 Å². The fourth-order valence-corrected chi connectivity index (χ4v) is 8.00. The smallest absolute Gasteiger partial charge is 0.409 e. The van der Waals surface area contributed by atoms with E-state index in [0.29, 0.717) is 37.4 Å². The number of hydrogen-bond acceptors (Lipinski definition) is 8. The minimum atomic E-state index is -0.737. The Bertz CT molecular complexity index is 2050. The lowest BCUT2D eigenvalue weighted by atomic mass is 10.0. The number of nitrogens with zero attached hydrogens (tertiary/aromatic N) is 5. The highest BCUT2D eigenvalue weighted by Gasteiger charge is 2.41. The lowest BCUT2D eigenvalue weighted by Crippen LogP contribution is -2.51. The molecule has 0 spiro atoms. The van der Waals surface area contributed by atoms with Crippen LogP contribution in [-0.2, 0) is 19.1 Å². The quantitative estimate of drug-likeness (QED) is 0.166. The number of rotatable bonds is 11. The maximum absolute atomic E-state index is 13.7. The van der Waals surface area contributed by atoms with Crippen LogP contribution >= 0.6 is 0 Å². The van der Waals surface area contributed by atoms with Crippen molar-refractivity contribution in [2.24, 2.45) is 5.92 Å². The predicted octanol–water partition coefficient (Wildman–Crippen LogP) is 6.07. The number of anilines is 1. The molecule has 0 radical (unpaired) electrons. The molecule has 3 heterocycles. The van der Waals surface area contributed by atoms with Crippen molar-refractivity contribution in [3.05, 3.63) is 96.4 Å². The average Bonchev–Trinajstić information content (AvgIpc) is 4.00. The Kier molecular flexibility index (Phi) is 12.7. The van der Waals surface area contributed by atoms with Gasteiger partial charge in [0.05, 0.1) is 25.0 Å². The standard InChI is InChI=1S/C43H52N8O6/c1-27(2)36(49(5)43(56)57-6)40(53)50-24-10-14-34(50)38-44-26-33(46-38)30-18-16-28(17-19-30)29-20-22-32(23-21-29)45-42(55)47-39(52)35-15-11-25-51(35)41(54)37(48(3)4)31-12-8-7-9-13-31/h7-9,12-13,16-23,26-27,34-37H,10-11,14-15,24-25H2,1-6H3,(H,44,46)(H2,45,47,52,55). The van der Waals surface area contributed by atoms with Gasteiger partial charge in [-0.25, -0.2) is 14.6 Å². The summed E-state index contributed by atoms with van der Waals surface area (Å²) in [7, 11) is 6.57. The molecule has 6 rings (SSSR count). The average molecular weight is 777 g/mol. The van der Waals surface area contributed by atoms with Gasteiger partial charge in [-0.1, -0.05) is 80.6 Å². The lowest BCUT2D eigenvalue weighted by Gasteiger charge is -2.34. The van der Waals surface area contributed by atoms with Gasteiger partial charge in [-0.3, -0.25) is 29.5 Å². The molecule has 300 valence electrons. The maximum Gasteiger partial charge on any atom is 0.409 e. The van der Waals surface area contributed by atoms with Crippen LogP contribution in [0.15, 0.2) is 85.1 Å². The summed E-state index contributed by atoms with van der Waals surface area (Å²) < 4.78 is 4.89. The molecule has 1 aromatic heterocycles. The first-order valence-electron chi connectivity index (χ1n) is 19.4. The number of methoxy groups -OCH3 is 1. The summed E-state index contributed by atoms with van der Waals surface area (Å²) in [5, 5.41) is 5.17. The second-order valence-corrected chi connectivity index (χ2v) is 15.2. The van der Waals surface area contributed by atoms with Crippen LogP contribution in [0.1, 0.15) is 63.0 Å². The summed E-state index contributed by atoms with van der Waals surface area (Å²) in [5.74, 6) is -0.214. The molecule has 2 aliphatic rings. The third-order valence-corrected chi connectivity index (χ3v) is 10.8. The number of H-pyrrole nitrogens is 1. The van der Waals surface area contributed by atoms with E-state index in [0.717, 1.165) is 40.8 Å². The summed E-state index contributed by atoms with van der Waals surface area (Å²) in [6.45, 7) is 4.86. The highest BCUT2D eigenvalue weighted by Crippen LogP contribution is 2.34. The first kappa shape index (κ1) is 40.6. The number of amides is 6. The predicted molar refractivity (Wildman–Crippen MR) is 217 cm³/mol. The van der Waals surface area contributed by atoms with E-state index in [1.807, 2.05) is 104 Å². The molecule has 4 unspecified atom stereocenters. The fraction of sp³-hybridized carbons (Fsp3) is 0.395. The van der Waals surface area contributed by atoms with Crippen molar-refractivity contribution >= 4 is 35.5 Å². The highest BCUT2D eigenvalue weighted by atomic mass is 16.5. The number of carbonyl (C=O) groups excluding carboxylic acids is 5. The van der Waals surface area contributed by atoms with E-state index in [1.54, 1.807) is 30.3 Å². The van der Waals surface area contributed by atoms with Crippen LogP contribution in [-0.4, -0.2) is 113 Å². The van der Waals surface area contributed by atoms with Crippen molar-refractivity contribution in [2.75, 3.05) is 46.7 Å². The van der Waals surface area contributed by atoms with Crippen LogP contribution in [0.25, 0.3) is 22.4 Å². The van der Waals surface area contributed by atoms with E-state index in [9.17, 15) is 24.0 Å². The van der Waals surface area contributed by atoms with Crippen molar-refractivity contribution < 1.29 is 28.7 Å². The topological polar surface area (TPSA) is 160 Å². The van der Waals surface area contributed by atoms with E-state index < -0.39 is 36.2 Å². The molecular formula is C43H52N8O6. The van der Waals surface area contributed by atoms with Gasteiger partial charge in [-0.2, -0.15) is 0 Å². The number of likely N-dealkylation sites (N-methyl/N-ethyl adjacent to an activating group) is 2. The zero-order valence-electron chi connectivity index (χ0n) is 33.4.